The molecule has 0 N–H and O–H groups in total. The maximum absolute atomic E-state index is 2.34. The van der Waals surface area contributed by atoms with Crippen LogP contribution < -0.4 is 38.2 Å². The topological polar surface area (TPSA) is 0 Å². The summed E-state index contributed by atoms with van der Waals surface area (Å²) in [6.07, 6.45) is 0. The van der Waals surface area contributed by atoms with Gasteiger partial charge >= 0.3 is 0 Å². The van der Waals surface area contributed by atoms with E-state index in [4.69, 9.17) is 0 Å². The Kier molecular flexibility index (Phi) is 3.21. The van der Waals surface area contributed by atoms with Crippen molar-refractivity contribution < 1.29 is 0 Å². The third-order valence-corrected chi connectivity index (χ3v) is 6.50. The lowest BCUT2D eigenvalue weighted by Gasteiger charge is -2.13. The Labute approximate surface area is 130 Å². The van der Waals surface area contributed by atoms with Gasteiger partial charge in [-0.25, -0.2) is 0 Å². The number of benzene rings is 2. The molecule has 0 fully saturated rings. The highest BCUT2D eigenvalue weighted by Crippen LogP contribution is 2.27. The summed E-state index contributed by atoms with van der Waals surface area (Å²) in [5, 5.41) is 2.98. The van der Waals surface area contributed by atoms with Crippen LogP contribution in [0.5, 0.6) is 0 Å². The van der Waals surface area contributed by atoms with E-state index in [1.165, 1.54) is 58.4 Å². The summed E-state index contributed by atoms with van der Waals surface area (Å²) in [5.74, 6) is 0. The fourth-order valence-electron chi connectivity index (χ4n) is 3.30. The SMILES string of the molecule is Bc1cc(B)c2c(sc3c(B)c(B)c(B)c(B)c32)c1B. The Bertz CT molecular complexity index is 881. The van der Waals surface area contributed by atoms with Crippen molar-refractivity contribution in [3.63, 3.8) is 0 Å². The molecule has 3 rings (SSSR count). The molecule has 1 aromatic heterocycles. The van der Waals surface area contributed by atoms with Crippen LogP contribution in [0.2, 0.25) is 0 Å². The molecule has 0 unspecified atom stereocenters. The zero-order valence-corrected chi connectivity index (χ0v) is 14.3. The van der Waals surface area contributed by atoms with E-state index in [0.29, 0.717) is 0 Å². The van der Waals surface area contributed by atoms with Crippen molar-refractivity contribution in [1.29, 1.82) is 0 Å². The third kappa shape index (κ3) is 1.70. The summed E-state index contributed by atoms with van der Waals surface area (Å²) in [6.45, 7) is 0. The van der Waals surface area contributed by atoms with Crippen molar-refractivity contribution in [2.75, 3.05) is 0 Å². The van der Waals surface area contributed by atoms with Gasteiger partial charge in [0.1, 0.15) is 54.9 Å². The molecule has 0 saturated carbocycles. The highest BCUT2D eigenvalue weighted by Gasteiger charge is 2.16. The largest absolute Gasteiger partial charge is 0.140 e. The second-order valence-corrected chi connectivity index (χ2v) is 7.17. The molecule has 0 radical (unpaired) electrons. The molecular weight excluding hydrogens is 252 g/mol. The monoisotopic (exact) mass is 268 g/mol. The average molecular weight is 267 g/mol. The molecule has 0 aliphatic rings. The Hall–Kier alpha value is -0.885. The molecule has 0 aliphatic carbocycles. The summed E-state index contributed by atoms with van der Waals surface area (Å²) < 4.78 is 2.96. The Morgan fingerprint density at radius 2 is 1.10 bits per heavy atom. The van der Waals surface area contributed by atoms with Crippen LogP contribution in [0.1, 0.15) is 0 Å². The van der Waals surface area contributed by atoms with Gasteiger partial charge in [0.05, 0.1) is 0 Å². The Morgan fingerprint density at radius 3 is 1.75 bits per heavy atom. The van der Waals surface area contributed by atoms with Gasteiger partial charge in [-0.2, -0.15) is 0 Å². The van der Waals surface area contributed by atoms with E-state index in [1.807, 2.05) is 11.3 Å². The number of hydrogen-bond donors (Lipinski definition) is 0. The minimum Gasteiger partial charge on any atom is -0.136 e. The van der Waals surface area contributed by atoms with Gasteiger partial charge in [-0.05, 0) is 10.8 Å². The van der Waals surface area contributed by atoms with Crippen LogP contribution in [0, 0.1) is 0 Å². The number of thiophene rings is 1. The number of rotatable bonds is 0. The first-order valence-corrected chi connectivity index (χ1v) is 8.05. The molecule has 3 aromatic rings. The lowest BCUT2D eigenvalue weighted by atomic mass is 9.65. The molecule has 1 heterocycles. The van der Waals surface area contributed by atoms with Gasteiger partial charge in [0.2, 0.25) is 0 Å². The van der Waals surface area contributed by atoms with E-state index >= 15 is 0 Å². The fraction of sp³-hybridized carbons (Fsp3) is 0. The molecule has 20 heavy (non-hydrogen) atoms. The van der Waals surface area contributed by atoms with Crippen LogP contribution >= 0.6 is 11.3 Å². The minimum absolute atomic E-state index is 1.41. The molecule has 0 atom stereocenters. The zero-order valence-electron chi connectivity index (χ0n) is 13.5. The molecule has 0 spiro atoms. The first kappa shape index (κ1) is 14.1. The van der Waals surface area contributed by atoms with Crippen LogP contribution in [-0.4, -0.2) is 54.9 Å². The summed E-state index contributed by atoms with van der Waals surface area (Å²) in [4.78, 5) is 0. The highest BCUT2D eigenvalue weighted by molar-refractivity contribution is 7.28. The van der Waals surface area contributed by atoms with E-state index in [2.05, 4.69) is 61.0 Å². The first-order chi connectivity index (χ1) is 9.34. The number of hydrogen-bond acceptors (Lipinski definition) is 1. The Morgan fingerprint density at radius 1 is 0.550 bits per heavy atom. The maximum Gasteiger partial charge on any atom is 0.140 e. The average Bonchev–Trinajstić information content (AvgIpc) is 2.81. The van der Waals surface area contributed by atoms with E-state index < -0.39 is 0 Å². The minimum atomic E-state index is 1.41. The lowest BCUT2D eigenvalue weighted by Crippen LogP contribution is -2.47. The Balaban J connectivity index is 2.71. The van der Waals surface area contributed by atoms with Crippen LogP contribution in [-0.2, 0) is 0 Å². The molecule has 8 heteroatoms. The van der Waals surface area contributed by atoms with Gasteiger partial charge in [-0.3, -0.25) is 0 Å². The van der Waals surface area contributed by atoms with Crippen molar-refractivity contribution in [1.82, 2.24) is 0 Å². The summed E-state index contributed by atoms with van der Waals surface area (Å²) in [5.41, 5.74) is 10.1. The summed E-state index contributed by atoms with van der Waals surface area (Å²) in [7, 11) is 15.8. The van der Waals surface area contributed by atoms with Crippen molar-refractivity contribution >= 4 is 125 Å². The normalized spacial score (nSPS) is 11.4. The molecule has 0 bridgehead atoms. The molecule has 0 nitrogen and oxygen atoms in total. The number of fused-ring (bicyclic) bond motifs is 3. The van der Waals surface area contributed by atoms with E-state index in [9.17, 15) is 0 Å². The van der Waals surface area contributed by atoms with Crippen LogP contribution in [0.25, 0.3) is 20.2 Å². The zero-order chi connectivity index (χ0) is 14.8. The molecule has 0 amide bonds. The highest BCUT2D eigenvalue weighted by atomic mass is 32.1. The lowest BCUT2D eigenvalue weighted by molar-refractivity contribution is 2.09. The molecule has 0 aliphatic heterocycles. The van der Waals surface area contributed by atoms with Gasteiger partial charge in [0, 0.05) is 9.40 Å². The third-order valence-electron chi connectivity index (χ3n) is 5.07. The molecule has 2 aromatic carbocycles. The second kappa shape index (κ2) is 4.56. The van der Waals surface area contributed by atoms with E-state index in [1.54, 1.807) is 0 Å². The predicted molar refractivity (Wildman–Crippen MR) is 117 cm³/mol. The van der Waals surface area contributed by atoms with Crippen molar-refractivity contribution in [2.24, 2.45) is 0 Å². The van der Waals surface area contributed by atoms with Crippen LogP contribution in [0.3, 0.4) is 0 Å². The maximum atomic E-state index is 2.34. The van der Waals surface area contributed by atoms with Gasteiger partial charge in [-0.1, -0.05) is 33.4 Å². The molecular formula is C12H15B7S. The second-order valence-electron chi connectivity index (χ2n) is 6.15. The van der Waals surface area contributed by atoms with Gasteiger partial charge < -0.3 is 0 Å². The van der Waals surface area contributed by atoms with Crippen LogP contribution in [0.4, 0.5) is 0 Å². The van der Waals surface area contributed by atoms with Crippen molar-refractivity contribution in [2.45, 2.75) is 0 Å². The standard InChI is InChI=1S/C12H15B7S/c13-2-1-3(14)6(15)11-4(2)5-7(16)8(17)9(18)10(19)12(5)20-11/h1H,13-19H2. The first-order valence-electron chi connectivity index (χ1n) is 7.24. The molecule has 90 valence electrons. The van der Waals surface area contributed by atoms with Crippen molar-refractivity contribution in [3.05, 3.63) is 6.07 Å². The molecule has 0 saturated heterocycles. The van der Waals surface area contributed by atoms with E-state index in [0.717, 1.165) is 0 Å². The van der Waals surface area contributed by atoms with Gasteiger partial charge in [0.25, 0.3) is 0 Å². The fourth-order valence-corrected chi connectivity index (χ4v) is 4.84. The summed E-state index contributed by atoms with van der Waals surface area (Å²) >= 11 is 1.98. The predicted octanol–water partition coefficient (Wildman–Crippen LogP) is -8.14. The smallest absolute Gasteiger partial charge is 0.136 e. The van der Waals surface area contributed by atoms with Gasteiger partial charge in [0.15, 0.2) is 0 Å². The van der Waals surface area contributed by atoms with Crippen LogP contribution in [0.15, 0.2) is 6.07 Å². The quantitative estimate of drug-likeness (QED) is 0.355. The van der Waals surface area contributed by atoms with Crippen molar-refractivity contribution in [3.8, 4) is 0 Å². The van der Waals surface area contributed by atoms with E-state index in [-0.39, 0.29) is 0 Å². The summed E-state index contributed by atoms with van der Waals surface area (Å²) in [6, 6.07) is 2.34. The van der Waals surface area contributed by atoms with Gasteiger partial charge in [-0.15, -0.1) is 22.3 Å².